The Morgan fingerprint density at radius 3 is 2.86 bits per heavy atom. The maximum absolute atomic E-state index is 12.6. The molecule has 0 aliphatic carbocycles. The van der Waals surface area contributed by atoms with Crippen LogP contribution in [-0.2, 0) is 14.3 Å². The quantitative estimate of drug-likeness (QED) is 0.366. The van der Waals surface area contributed by atoms with Gasteiger partial charge in [0.1, 0.15) is 5.92 Å². The van der Waals surface area contributed by atoms with Gasteiger partial charge in [-0.2, -0.15) is 0 Å². The highest BCUT2D eigenvalue weighted by Gasteiger charge is 2.24. The van der Waals surface area contributed by atoms with Gasteiger partial charge in [-0.25, -0.2) is 0 Å². The van der Waals surface area contributed by atoms with Gasteiger partial charge in [-0.1, -0.05) is 19.1 Å². The van der Waals surface area contributed by atoms with Gasteiger partial charge >= 0.3 is 5.97 Å². The van der Waals surface area contributed by atoms with Crippen LogP contribution in [0.5, 0.6) is 0 Å². The number of allylic oxidation sites excluding steroid dienone is 1. The van der Waals surface area contributed by atoms with Gasteiger partial charge in [-0.3, -0.25) is 24.7 Å². The van der Waals surface area contributed by atoms with E-state index >= 15 is 0 Å². The van der Waals surface area contributed by atoms with Gasteiger partial charge in [0.2, 0.25) is 5.91 Å². The molecule has 150 valence electrons. The number of hydrogen-bond donors (Lipinski definition) is 1. The van der Waals surface area contributed by atoms with Crippen molar-refractivity contribution in [2.24, 2.45) is 5.92 Å². The second kappa shape index (κ2) is 8.64. The van der Waals surface area contributed by atoms with Crippen LogP contribution in [0.4, 0.5) is 11.4 Å². The predicted molar refractivity (Wildman–Crippen MR) is 107 cm³/mol. The van der Waals surface area contributed by atoms with Gasteiger partial charge in [-0.15, -0.1) is 0 Å². The zero-order valence-corrected chi connectivity index (χ0v) is 16.1. The van der Waals surface area contributed by atoms with Gasteiger partial charge in [0.25, 0.3) is 5.69 Å². The van der Waals surface area contributed by atoms with Crippen molar-refractivity contribution in [2.45, 2.75) is 26.2 Å². The Kier molecular flexibility index (Phi) is 6.01. The van der Waals surface area contributed by atoms with E-state index in [9.17, 15) is 19.7 Å². The Balaban J connectivity index is 2.17. The summed E-state index contributed by atoms with van der Waals surface area (Å²) < 4.78 is 5.20. The number of fused-ring (bicyclic) bond motifs is 4. The molecule has 1 aromatic heterocycles. The molecule has 0 saturated heterocycles. The topological polar surface area (TPSA) is 111 Å². The van der Waals surface area contributed by atoms with Crippen LogP contribution in [0.25, 0.3) is 11.1 Å². The third-order valence-corrected chi connectivity index (χ3v) is 4.70. The molecule has 1 aliphatic rings. The van der Waals surface area contributed by atoms with Crippen LogP contribution in [0.3, 0.4) is 0 Å². The van der Waals surface area contributed by atoms with Crippen molar-refractivity contribution in [2.75, 3.05) is 11.9 Å². The second-order valence-electron chi connectivity index (χ2n) is 6.70. The number of benzene rings is 1. The Hall–Kier alpha value is -3.55. The number of ether oxygens (including phenoxy) is 1. The smallest absolute Gasteiger partial charge is 0.315 e. The average Bonchev–Trinajstić information content (AvgIpc) is 2.70. The number of carbonyl (C=O) groups is 2. The zero-order chi connectivity index (χ0) is 21.0. The first-order chi connectivity index (χ1) is 13.9. The molecule has 29 heavy (non-hydrogen) atoms. The number of amides is 1. The molecule has 8 heteroatoms. The highest BCUT2D eigenvalue weighted by atomic mass is 16.6. The lowest BCUT2D eigenvalue weighted by atomic mass is 9.95. The highest BCUT2D eigenvalue weighted by molar-refractivity contribution is 5.98. The minimum atomic E-state index is -0.609. The minimum Gasteiger partial charge on any atom is -0.465 e. The average molecular weight is 395 g/mol. The maximum Gasteiger partial charge on any atom is 0.315 e. The van der Waals surface area contributed by atoms with Gasteiger partial charge in [0.05, 0.1) is 28.8 Å². The van der Waals surface area contributed by atoms with Crippen molar-refractivity contribution in [1.29, 1.82) is 0 Å². The fraction of sp³-hybridized carbons (Fsp3) is 0.286. The Labute approximate surface area is 167 Å². The molecule has 2 aromatic rings. The lowest BCUT2D eigenvalue weighted by Crippen LogP contribution is -2.20. The molecule has 8 nitrogen and oxygen atoms in total. The van der Waals surface area contributed by atoms with E-state index in [-0.39, 0.29) is 24.2 Å². The molecule has 3 rings (SSSR count). The molecule has 2 heterocycles. The van der Waals surface area contributed by atoms with E-state index in [4.69, 9.17) is 4.74 Å². The zero-order valence-electron chi connectivity index (χ0n) is 16.1. The summed E-state index contributed by atoms with van der Waals surface area (Å²) in [7, 11) is 0. The molecule has 2 bridgehead atoms. The van der Waals surface area contributed by atoms with Crippen LogP contribution in [0.15, 0.2) is 48.7 Å². The fourth-order valence-corrected chi connectivity index (χ4v) is 3.14. The van der Waals surface area contributed by atoms with Gasteiger partial charge in [0, 0.05) is 23.9 Å². The number of pyridine rings is 1. The largest absolute Gasteiger partial charge is 0.465 e. The van der Waals surface area contributed by atoms with E-state index in [0.29, 0.717) is 28.9 Å². The monoisotopic (exact) mass is 395 g/mol. The number of nitro benzene ring substituents is 1. The van der Waals surface area contributed by atoms with E-state index in [0.717, 1.165) is 0 Å². The molecular weight excluding hydrogens is 374 g/mol. The van der Waals surface area contributed by atoms with E-state index < -0.39 is 16.8 Å². The number of nitrogens with one attached hydrogen (secondary N) is 1. The van der Waals surface area contributed by atoms with Crippen molar-refractivity contribution in [3.63, 3.8) is 0 Å². The number of aromatic nitrogens is 1. The first kappa shape index (κ1) is 20.2. The van der Waals surface area contributed by atoms with Crippen LogP contribution < -0.4 is 5.32 Å². The molecule has 2 atom stereocenters. The number of anilines is 1. The number of esters is 1. The number of nitrogens with zero attached hydrogens (tertiary/aromatic N) is 2. The summed E-state index contributed by atoms with van der Waals surface area (Å²) in [6.45, 7) is 3.71. The van der Waals surface area contributed by atoms with Crippen LogP contribution in [0.2, 0.25) is 0 Å². The van der Waals surface area contributed by atoms with Gasteiger partial charge in [-0.05, 0) is 37.1 Å². The van der Waals surface area contributed by atoms with Gasteiger partial charge < -0.3 is 10.1 Å². The van der Waals surface area contributed by atoms with Crippen molar-refractivity contribution in [3.8, 4) is 11.1 Å². The van der Waals surface area contributed by atoms with Crippen LogP contribution in [0, 0.1) is 16.0 Å². The lowest BCUT2D eigenvalue weighted by molar-refractivity contribution is -0.384. The van der Waals surface area contributed by atoms with Crippen molar-refractivity contribution < 1.29 is 19.2 Å². The Morgan fingerprint density at radius 1 is 1.34 bits per heavy atom. The van der Waals surface area contributed by atoms with Crippen molar-refractivity contribution >= 4 is 23.3 Å². The normalized spacial score (nSPS) is 19.7. The number of nitro groups is 1. The minimum absolute atomic E-state index is 0.127. The van der Waals surface area contributed by atoms with E-state index in [1.54, 1.807) is 50.4 Å². The molecule has 0 fully saturated rings. The molecular formula is C21H21N3O5. The molecule has 0 saturated carbocycles. The summed E-state index contributed by atoms with van der Waals surface area (Å²) in [5.74, 6) is -1.79. The third kappa shape index (κ3) is 4.48. The molecule has 1 N–H and O–H groups in total. The molecule has 0 spiro atoms. The fourth-order valence-electron chi connectivity index (χ4n) is 3.14. The summed E-state index contributed by atoms with van der Waals surface area (Å²) in [4.78, 5) is 40.1. The third-order valence-electron chi connectivity index (χ3n) is 4.70. The summed E-state index contributed by atoms with van der Waals surface area (Å²) >= 11 is 0. The lowest BCUT2D eigenvalue weighted by Gasteiger charge is -2.18. The van der Waals surface area contributed by atoms with Crippen molar-refractivity contribution in [1.82, 2.24) is 4.98 Å². The summed E-state index contributed by atoms with van der Waals surface area (Å²) in [5, 5.41) is 14.0. The summed E-state index contributed by atoms with van der Waals surface area (Å²) in [6, 6.07) is 7.77. The second-order valence-corrected chi connectivity index (χ2v) is 6.70. The van der Waals surface area contributed by atoms with E-state index in [2.05, 4.69) is 10.3 Å². The standard InChI is InChI=1S/C21H21N3O5/c1-3-29-21(26)17-6-4-5-13(2)20(25)23-19-12-15(24(27)28)7-8-16(19)14-9-10-22-18(17)11-14/h4-5,7-13,17H,3,6H2,1-2H3,(H,23,25)/b5-4+. The summed E-state index contributed by atoms with van der Waals surface area (Å²) in [6.07, 6.45) is 5.38. The predicted octanol–water partition coefficient (Wildman–Crippen LogP) is 3.84. The van der Waals surface area contributed by atoms with E-state index in [1.807, 2.05) is 0 Å². The highest BCUT2D eigenvalue weighted by Crippen LogP contribution is 2.34. The Bertz CT molecular complexity index is 986. The number of non-ortho nitro benzene ring substituents is 1. The molecule has 1 aliphatic heterocycles. The first-order valence-electron chi connectivity index (χ1n) is 9.29. The number of hydrogen-bond acceptors (Lipinski definition) is 6. The number of carbonyl (C=O) groups excluding carboxylic acids is 2. The Morgan fingerprint density at radius 2 is 2.14 bits per heavy atom. The summed E-state index contributed by atoms with van der Waals surface area (Å²) in [5.41, 5.74) is 2.03. The van der Waals surface area contributed by atoms with Crippen LogP contribution in [-0.4, -0.2) is 28.4 Å². The molecule has 1 aromatic carbocycles. The van der Waals surface area contributed by atoms with E-state index in [1.165, 1.54) is 12.1 Å². The molecule has 2 unspecified atom stereocenters. The van der Waals surface area contributed by atoms with Gasteiger partial charge in [0.15, 0.2) is 0 Å². The molecule has 1 amide bonds. The number of rotatable bonds is 3. The molecule has 0 radical (unpaired) electrons. The van der Waals surface area contributed by atoms with Crippen LogP contribution in [0.1, 0.15) is 31.9 Å². The van der Waals surface area contributed by atoms with Crippen molar-refractivity contribution in [3.05, 3.63) is 64.5 Å². The maximum atomic E-state index is 12.6. The SMILES string of the molecule is CCOC(=O)C1C/C=C/C(C)C(=O)Nc2cc([N+](=O)[O-])ccc2-c2ccnc1c2. The first-order valence-corrected chi connectivity index (χ1v) is 9.29. The van der Waals surface area contributed by atoms with Crippen LogP contribution >= 0.6 is 0 Å².